The molecule has 1 fully saturated rings. The highest BCUT2D eigenvalue weighted by Crippen LogP contribution is 2.39. The lowest BCUT2D eigenvalue weighted by molar-refractivity contribution is -0.122. The Balaban J connectivity index is 1.83. The van der Waals surface area contributed by atoms with Gasteiger partial charge in [0.05, 0.1) is 11.3 Å². The normalized spacial score (nSPS) is 20.5. The SMILES string of the molecule is Cc1ccc(-c2csc3ncnc(N4C[C@@H](C(N)=O)CC[C@@H]4C)c23)cc1. The zero-order valence-electron chi connectivity index (χ0n) is 15.0. The molecule has 3 heterocycles. The molecular formula is C20H22N4OS. The van der Waals surface area contributed by atoms with Crippen LogP contribution in [-0.4, -0.2) is 28.5 Å². The quantitative estimate of drug-likeness (QED) is 0.766. The molecule has 4 rings (SSSR count). The van der Waals surface area contributed by atoms with Gasteiger partial charge in [0.25, 0.3) is 0 Å². The first-order valence-corrected chi connectivity index (χ1v) is 9.77. The van der Waals surface area contributed by atoms with Crippen LogP contribution in [0.2, 0.25) is 0 Å². The summed E-state index contributed by atoms with van der Waals surface area (Å²) in [5.74, 6) is 0.555. The third kappa shape index (κ3) is 2.94. The molecular weight excluding hydrogens is 344 g/mol. The van der Waals surface area contributed by atoms with Crippen LogP contribution in [0.3, 0.4) is 0 Å². The van der Waals surface area contributed by atoms with Gasteiger partial charge in [0.1, 0.15) is 17.0 Å². The van der Waals surface area contributed by atoms with Crippen LogP contribution in [0.1, 0.15) is 25.3 Å². The molecule has 2 N–H and O–H groups in total. The molecule has 1 aromatic carbocycles. The fourth-order valence-electron chi connectivity index (χ4n) is 3.66. The predicted molar refractivity (Wildman–Crippen MR) is 106 cm³/mol. The van der Waals surface area contributed by atoms with Crippen LogP contribution in [0.5, 0.6) is 0 Å². The average Bonchev–Trinajstić information content (AvgIpc) is 3.07. The van der Waals surface area contributed by atoms with Crippen LogP contribution in [0.25, 0.3) is 21.3 Å². The molecule has 0 spiro atoms. The minimum absolute atomic E-state index is 0.127. The minimum Gasteiger partial charge on any atom is -0.369 e. The van der Waals surface area contributed by atoms with Crippen molar-refractivity contribution in [2.75, 3.05) is 11.4 Å². The van der Waals surface area contributed by atoms with E-state index in [0.29, 0.717) is 12.6 Å². The first-order chi connectivity index (χ1) is 12.5. The van der Waals surface area contributed by atoms with Crippen molar-refractivity contribution < 1.29 is 4.79 Å². The Hall–Kier alpha value is -2.47. The number of piperidine rings is 1. The van der Waals surface area contributed by atoms with Crippen molar-refractivity contribution in [2.24, 2.45) is 11.7 Å². The molecule has 6 heteroatoms. The number of hydrogen-bond donors (Lipinski definition) is 1. The molecule has 2 aromatic heterocycles. The van der Waals surface area contributed by atoms with Gasteiger partial charge in [-0.3, -0.25) is 4.79 Å². The van der Waals surface area contributed by atoms with E-state index < -0.39 is 0 Å². The number of aromatic nitrogens is 2. The Labute approximate surface area is 156 Å². The van der Waals surface area contributed by atoms with Gasteiger partial charge in [-0.15, -0.1) is 11.3 Å². The van der Waals surface area contributed by atoms with Crippen molar-refractivity contribution in [3.8, 4) is 11.1 Å². The Morgan fingerprint density at radius 2 is 2.00 bits per heavy atom. The highest BCUT2D eigenvalue weighted by atomic mass is 32.1. The summed E-state index contributed by atoms with van der Waals surface area (Å²) in [7, 11) is 0. The van der Waals surface area contributed by atoms with Gasteiger partial charge >= 0.3 is 0 Å². The second kappa shape index (κ2) is 6.68. The number of nitrogens with zero attached hydrogens (tertiary/aromatic N) is 3. The fraction of sp³-hybridized carbons (Fsp3) is 0.350. The van der Waals surface area contributed by atoms with Crippen molar-refractivity contribution >= 4 is 33.3 Å². The second-order valence-corrected chi connectivity index (χ2v) is 7.93. The first kappa shape index (κ1) is 17.0. The zero-order chi connectivity index (χ0) is 18.3. The minimum atomic E-state index is -0.226. The van der Waals surface area contributed by atoms with E-state index in [0.717, 1.165) is 40.0 Å². The molecule has 0 unspecified atom stereocenters. The summed E-state index contributed by atoms with van der Waals surface area (Å²) < 4.78 is 0. The molecule has 1 saturated heterocycles. The van der Waals surface area contributed by atoms with Crippen LogP contribution < -0.4 is 10.6 Å². The molecule has 26 heavy (non-hydrogen) atoms. The number of carbonyl (C=O) groups is 1. The van der Waals surface area contributed by atoms with Crippen LogP contribution in [-0.2, 0) is 4.79 Å². The second-order valence-electron chi connectivity index (χ2n) is 7.07. The highest BCUT2D eigenvalue weighted by Gasteiger charge is 2.31. The molecule has 0 saturated carbocycles. The summed E-state index contributed by atoms with van der Waals surface area (Å²) in [6, 6.07) is 8.83. The number of rotatable bonds is 3. The maximum atomic E-state index is 11.7. The lowest BCUT2D eigenvalue weighted by atomic mass is 9.92. The number of fused-ring (bicyclic) bond motifs is 1. The summed E-state index contributed by atoms with van der Waals surface area (Å²) in [6.45, 7) is 4.89. The topological polar surface area (TPSA) is 72.1 Å². The Bertz CT molecular complexity index is 950. The average molecular weight is 366 g/mol. The van der Waals surface area contributed by atoms with Crippen molar-refractivity contribution in [2.45, 2.75) is 32.7 Å². The van der Waals surface area contributed by atoms with Crippen LogP contribution in [0, 0.1) is 12.8 Å². The predicted octanol–water partition coefficient (Wildman–Crippen LogP) is 3.76. The number of benzene rings is 1. The smallest absolute Gasteiger partial charge is 0.222 e. The Morgan fingerprint density at radius 1 is 1.23 bits per heavy atom. The van der Waals surface area contributed by atoms with Gasteiger partial charge < -0.3 is 10.6 Å². The molecule has 1 amide bonds. The Kier molecular flexibility index (Phi) is 4.36. The van der Waals surface area contributed by atoms with Crippen LogP contribution >= 0.6 is 11.3 Å². The number of hydrogen-bond acceptors (Lipinski definition) is 5. The van der Waals surface area contributed by atoms with Gasteiger partial charge in [0, 0.05) is 23.5 Å². The van der Waals surface area contributed by atoms with E-state index in [2.05, 4.69) is 58.4 Å². The number of thiophene rings is 1. The van der Waals surface area contributed by atoms with Gasteiger partial charge in [-0.25, -0.2) is 9.97 Å². The number of nitrogens with two attached hydrogens (primary N) is 1. The van der Waals surface area contributed by atoms with E-state index in [1.165, 1.54) is 5.56 Å². The number of anilines is 1. The van der Waals surface area contributed by atoms with Gasteiger partial charge in [-0.05, 0) is 32.3 Å². The highest BCUT2D eigenvalue weighted by molar-refractivity contribution is 7.17. The molecule has 1 aliphatic rings. The molecule has 2 atom stereocenters. The van der Waals surface area contributed by atoms with E-state index in [1.807, 2.05) is 0 Å². The fourth-order valence-corrected chi connectivity index (χ4v) is 4.57. The van der Waals surface area contributed by atoms with E-state index in [-0.39, 0.29) is 11.8 Å². The van der Waals surface area contributed by atoms with E-state index in [4.69, 9.17) is 5.73 Å². The number of carbonyl (C=O) groups excluding carboxylic acids is 1. The van der Waals surface area contributed by atoms with Crippen LogP contribution in [0.4, 0.5) is 5.82 Å². The third-order valence-electron chi connectivity index (χ3n) is 5.27. The summed E-state index contributed by atoms with van der Waals surface area (Å²) in [6.07, 6.45) is 3.40. The number of primary amides is 1. The maximum absolute atomic E-state index is 11.7. The standard InChI is InChI=1S/C20H22N4OS/c1-12-3-6-14(7-4-12)16-10-26-20-17(16)19(22-11-23-20)24-9-15(18(21)25)8-5-13(24)2/h3-4,6-7,10-11,13,15H,5,8-9H2,1-2H3,(H2,21,25)/t13-,15-/m0/s1. The molecule has 0 aliphatic carbocycles. The summed E-state index contributed by atoms with van der Waals surface area (Å²) >= 11 is 1.63. The van der Waals surface area contributed by atoms with E-state index >= 15 is 0 Å². The lowest BCUT2D eigenvalue weighted by Gasteiger charge is -2.38. The summed E-state index contributed by atoms with van der Waals surface area (Å²) in [5.41, 5.74) is 9.13. The number of aryl methyl sites for hydroxylation is 1. The molecule has 5 nitrogen and oxygen atoms in total. The lowest BCUT2D eigenvalue weighted by Crippen LogP contribution is -2.46. The number of amides is 1. The van der Waals surface area contributed by atoms with Gasteiger partial charge in [-0.1, -0.05) is 29.8 Å². The largest absolute Gasteiger partial charge is 0.369 e. The van der Waals surface area contributed by atoms with Gasteiger partial charge in [0.2, 0.25) is 5.91 Å². The monoisotopic (exact) mass is 366 g/mol. The Morgan fingerprint density at radius 3 is 2.73 bits per heavy atom. The molecule has 0 radical (unpaired) electrons. The van der Waals surface area contributed by atoms with Crippen molar-refractivity contribution in [1.82, 2.24) is 9.97 Å². The van der Waals surface area contributed by atoms with Gasteiger partial charge in [-0.2, -0.15) is 0 Å². The zero-order valence-corrected chi connectivity index (χ0v) is 15.8. The van der Waals surface area contributed by atoms with E-state index in [9.17, 15) is 4.79 Å². The van der Waals surface area contributed by atoms with Crippen molar-refractivity contribution in [3.63, 3.8) is 0 Å². The maximum Gasteiger partial charge on any atom is 0.222 e. The molecule has 3 aromatic rings. The molecule has 1 aliphatic heterocycles. The third-order valence-corrected chi connectivity index (χ3v) is 6.16. The van der Waals surface area contributed by atoms with Gasteiger partial charge in [0.15, 0.2) is 0 Å². The van der Waals surface area contributed by atoms with Crippen LogP contribution in [0.15, 0.2) is 36.0 Å². The molecule has 134 valence electrons. The molecule has 0 bridgehead atoms. The van der Waals surface area contributed by atoms with Crippen molar-refractivity contribution in [3.05, 3.63) is 41.5 Å². The summed E-state index contributed by atoms with van der Waals surface area (Å²) in [4.78, 5) is 24.0. The first-order valence-electron chi connectivity index (χ1n) is 8.90. The summed E-state index contributed by atoms with van der Waals surface area (Å²) in [5, 5.41) is 3.21. The van der Waals surface area contributed by atoms with Crippen molar-refractivity contribution in [1.29, 1.82) is 0 Å². The van der Waals surface area contributed by atoms with E-state index in [1.54, 1.807) is 17.7 Å².